The van der Waals surface area contributed by atoms with Gasteiger partial charge >= 0.3 is 0 Å². The highest BCUT2D eigenvalue weighted by molar-refractivity contribution is 6.02. The molecule has 160 valence electrons. The van der Waals surface area contributed by atoms with Crippen LogP contribution in [-0.4, -0.2) is 31.0 Å². The first-order valence-electron chi connectivity index (χ1n) is 10.1. The molecule has 1 fully saturated rings. The van der Waals surface area contributed by atoms with Crippen molar-refractivity contribution >= 4 is 23.0 Å². The lowest BCUT2D eigenvalue weighted by molar-refractivity contribution is -0.384. The first-order chi connectivity index (χ1) is 15.0. The Kier molecular flexibility index (Phi) is 5.88. The molecule has 1 aliphatic heterocycles. The molecule has 0 saturated carbocycles. The fourth-order valence-corrected chi connectivity index (χ4v) is 3.70. The second kappa shape index (κ2) is 8.91. The number of non-ortho nitro benzene ring substituents is 1. The summed E-state index contributed by atoms with van der Waals surface area (Å²) in [5, 5.41) is 13.8. The van der Waals surface area contributed by atoms with Crippen molar-refractivity contribution in [3.63, 3.8) is 0 Å². The number of rotatable bonds is 6. The van der Waals surface area contributed by atoms with Crippen LogP contribution >= 0.6 is 0 Å². The Labute approximate surface area is 179 Å². The van der Waals surface area contributed by atoms with Crippen LogP contribution in [0.2, 0.25) is 0 Å². The molecular weight excluding hydrogens is 398 g/mol. The van der Waals surface area contributed by atoms with E-state index in [2.05, 4.69) is 10.2 Å². The van der Waals surface area contributed by atoms with Crippen LogP contribution in [0.15, 0.2) is 59.0 Å². The smallest absolute Gasteiger partial charge is 0.291 e. The minimum Gasteiger partial charge on any atom is -0.496 e. The lowest BCUT2D eigenvalue weighted by Crippen LogP contribution is -2.29. The normalized spacial score (nSPS) is 13.6. The molecule has 1 N–H and O–H groups in total. The molecule has 0 atom stereocenters. The summed E-state index contributed by atoms with van der Waals surface area (Å²) in [6.07, 6.45) is 3.69. The number of nitro groups is 1. The number of amides is 1. The molecule has 2 aromatic carbocycles. The van der Waals surface area contributed by atoms with Crippen molar-refractivity contribution in [2.75, 3.05) is 30.4 Å². The standard InChI is InChI=1S/C23H23N3O5/c1-30-22-15-18(26(28)29)9-10-19(22)20-11-12-21(31-20)23(27)24-16-5-7-17(8-6-16)25-13-3-2-4-14-25/h5-12,15H,2-4,13-14H2,1H3,(H,24,27). The monoisotopic (exact) mass is 421 g/mol. The molecular formula is C23H23N3O5. The zero-order valence-electron chi connectivity index (χ0n) is 17.2. The van der Waals surface area contributed by atoms with Crippen molar-refractivity contribution in [2.45, 2.75) is 19.3 Å². The summed E-state index contributed by atoms with van der Waals surface area (Å²) in [5.74, 6) is 0.439. The van der Waals surface area contributed by atoms with Gasteiger partial charge < -0.3 is 19.4 Å². The minimum atomic E-state index is -0.496. The topological polar surface area (TPSA) is 97.8 Å². The van der Waals surface area contributed by atoms with E-state index in [-0.39, 0.29) is 17.4 Å². The van der Waals surface area contributed by atoms with Gasteiger partial charge in [-0.3, -0.25) is 14.9 Å². The van der Waals surface area contributed by atoms with Crippen molar-refractivity contribution in [1.29, 1.82) is 0 Å². The van der Waals surface area contributed by atoms with Gasteiger partial charge in [0.05, 0.1) is 23.7 Å². The second-order valence-corrected chi connectivity index (χ2v) is 7.35. The molecule has 4 rings (SSSR count). The average Bonchev–Trinajstić information content (AvgIpc) is 3.30. The predicted octanol–water partition coefficient (Wildman–Crippen LogP) is 5.11. The lowest BCUT2D eigenvalue weighted by atomic mass is 10.1. The van der Waals surface area contributed by atoms with E-state index in [1.54, 1.807) is 12.1 Å². The molecule has 1 amide bonds. The zero-order chi connectivity index (χ0) is 21.8. The van der Waals surface area contributed by atoms with Crippen LogP contribution in [0.25, 0.3) is 11.3 Å². The van der Waals surface area contributed by atoms with E-state index in [1.807, 2.05) is 24.3 Å². The molecule has 1 aromatic heterocycles. The Balaban J connectivity index is 1.47. The van der Waals surface area contributed by atoms with Gasteiger partial charge in [-0.1, -0.05) is 0 Å². The number of piperidine rings is 1. The van der Waals surface area contributed by atoms with Gasteiger partial charge in [0.2, 0.25) is 0 Å². The summed E-state index contributed by atoms with van der Waals surface area (Å²) < 4.78 is 10.9. The maximum atomic E-state index is 12.6. The SMILES string of the molecule is COc1cc([N+](=O)[O-])ccc1-c1ccc(C(=O)Nc2ccc(N3CCCCC3)cc2)o1. The number of furan rings is 1. The van der Waals surface area contributed by atoms with E-state index in [0.29, 0.717) is 22.8 Å². The summed E-state index contributed by atoms with van der Waals surface area (Å²) in [7, 11) is 1.42. The molecule has 0 unspecified atom stereocenters. The van der Waals surface area contributed by atoms with E-state index < -0.39 is 4.92 Å². The predicted molar refractivity (Wildman–Crippen MR) is 118 cm³/mol. The number of nitrogens with one attached hydrogen (secondary N) is 1. The Morgan fingerprint density at radius 2 is 1.81 bits per heavy atom. The van der Waals surface area contributed by atoms with Crippen molar-refractivity contribution in [3.05, 3.63) is 70.5 Å². The summed E-state index contributed by atoms with van der Waals surface area (Å²) in [6.45, 7) is 2.12. The molecule has 0 bridgehead atoms. The zero-order valence-corrected chi connectivity index (χ0v) is 17.2. The number of methoxy groups -OCH3 is 1. The molecule has 3 aromatic rings. The summed E-state index contributed by atoms with van der Waals surface area (Å²) in [6, 6.07) is 15.2. The van der Waals surface area contributed by atoms with E-state index in [4.69, 9.17) is 9.15 Å². The second-order valence-electron chi connectivity index (χ2n) is 7.35. The molecule has 0 spiro atoms. The van der Waals surface area contributed by atoms with E-state index >= 15 is 0 Å². The Hall–Kier alpha value is -3.81. The molecule has 1 aliphatic rings. The quantitative estimate of drug-likeness (QED) is 0.439. The number of hydrogen-bond acceptors (Lipinski definition) is 6. The number of ether oxygens (including phenoxy) is 1. The number of carbonyl (C=O) groups excluding carboxylic acids is 1. The third kappa shape index (κ3) is 4.53. The van der Waals surface area contributed by atoms with Gasteiger partial charge in [0.25, 0.3) is 11.6 Å². The number of carbonyl (C=O) groups is 1. The third-order valence-corrected chi connectivity index (χ3v) is 5.34. The third-order valence-electron chi connectivity index (χ3n) is 5.34. The van der Waals surface area contributed by atoms with Crippen LogP contribution in [-0.2, 0) is 0 Å². The van der Waals surface area contributed by atoms with Crippen molar-refractivity contribution in [1.82, 2.24) is 0 Å². The number of nitrogens with zero attached hydrogens (tertiary/aromatic N) is 2. The number of nitro benzene ring substituents is 1. The summed E-state index contributed by atoms with van der Waals surface area (Å²) in [4.78, 5) is 25.4. The minimum absolute atomic E-state index is 0.0851. The van der Waals surface area contributed by atoms with E-state index in [9.17, 15) is 14.9 Å². The first-order valence-corrected chi connectivity index (χ1v) is 10.1. The van der Waals surface area contributed by atoms with Gasteiger partial charge in [-0.15, -0.1) is 0 Å². The fraction of sp³-hybridized carbons (Fsp3) is 0.261. The molecule has 31 heavy (non-hydrogen) atoms. The molecule has 2 heterocycles. The highest BCUT2D eigenvalue weighted by atomic mass is 16.6. The molecule has 1 saturated heterocycles. The number of anilines is 2. The van der Waals surface area contributed by atoms with Crippen molar-refractivity contribution in [2.24, 2.45) is 0 Å². The molecule has 0 aliphatic carbocycles. The van der Waals surface area contributed by atoms with Crippen LogP contribution in [0, 0.1) is 10.1 Å². The van der Waals surface area contributed by atoms with Gasteiger partial charge in [0.1, 0.15) is 11.5 Å². The van der Waals surface area contributed by atoms with Crippen molar-refractivity contribution < 1.29 is 18.9 Å². The summed E-state index contributed by atoms with van der Waals surface area (Å²) >= 11 is 0. The first kappa shape index (κ1) is 20.5. The van der Waals surface area contributed by atoms with Crippen LogP contribution in [0.5, 0.6) is 5.75 Å². The van der Waals surface area contributed by atoms with Gasteiger partial charge in [-0.05, 0) is 61.7 Å². The largest absolute Gasteiger partial charge is 0.496 e. The highest BCUT2D eigenvalue weighted by Gasteiger charge is 2.18. The average molecular weight is 421 g/mol. The van der Waals surface area contributed by atoms with E-state index in [1.165, 1.54) is 44.6 Å². The Bertz CT molecular complexity index is 1080. The lowest BCUT2D eigenvalue weighted by Gasteiger charge is -2.28. The fourth-order valence-electron chi connectivity index (χ4n) is 3.70. The van der Waals surface area contributed by atoms with Gasteiger partial charge in [0, 0.05) is 30.5 Å². The molecule has 8 heteroatoms. The maximum absolute atomic E-state index is 12.6. The van der Waals surface area contributed by atoms with Gasteiger partial charge in [-0.2, -0.15) is 0 Å². The van der Waals surface area contributed by atoms with Gasteiger partial charge in [-0.25, -0.2) is 0 Å². The highest BCUT2D eigenvalue weighted by Crippen LogP contribution is 2.34. The van der Waals surface area contributed by atoms with Crippen LogP contribution in [0.3, 0.4) is 0 Å². The van der Waals surface area contributed by atoms with Gasteiger partial charge in [0.15, 0.2) is 5.76 Å². The van der Waals surface area contributed by atoms with E-state index in [0.717, 1.165) is 18.8 Å². The van der Waals surface area contributed by atoms with Crippen LogP contribution in [0.4, 0.5) is 17.1 Å². The van der Waals surface area contributed by atoms with Crippen molar-refractivity contribution in [3.8, 4) is 17.1 Å². The number of hydrogen-bond donors (Lipinski definition) is 1. The maximum Gasteiger partial charge on any atom is 0.291 e. The number of benzene rings is 2. The Morgan fingerprint density at radius 3 is 2.48 bits per heavy atom. The van der Waals surface area contributed by atoms with Crippen LogP contribution in [0.1, 0.15) is 29.8 Å². The molecule has 0 radical (unpaired) electrons. The Morgan fingerprint density at radius 1 is 1.06 bits per heavy atom. The molecule has 8 nitrogen and oxygen atoms in total. The van der Waals surface area contributed by atoms with Crippen LogP contribution < -0.4 is 15.0 Å². The summed E-state index contributed by atoms with van der Waals surface area (Å²) in [5.41, 5.74) is 2.27.